The van der Waals surface area contributed by atoms with Crippen LogP contribution in [-0.4, -0.2) is 24.0 Å². The van der Waals surface area contributed by atoms with Gasteiger partial charge in [-0.2, -0.15) is 0 Å². The van der Waals surface area contributed by atoms with E-state index in [9.17, 15) is 9.59 Å². The molecular formula is C23H28O4. The minimum atomic E-state index is -0.435. The molecule has 27 heavy (non-hydrogen) atoms. The highest BCUT2D eigenvalue weighted by atomic mass is 16.6. The molecule has 0 aliphatic rings. The molecule has 0 spiro atoms. The van der Waals surface area contributed by atoms with Gasteiger partial charge >= 0.3 is 5.97 Å². The summed E-state index contributed by atoms with van der Waals surface area (Å²) in [7, 11) is 0. The van der Waals surface area contributed by atoms with E-state index < -0.39 is 5.60 Å². The number of carbonyl (C=O) groups is 2. The monoisotopic (exact) mass is 368 g/mol. The number of benzene rings is 2. The van der Waals surface area contributed by atoms with Crippen molar-refractivity contribution in [3.63, 3.8) is 0 Å². The summed E-state index contributed by atoms with van der Waals surface area (Å²) in [6.07, 6.45) is 2.87. The first-order valence-electron chi connectivity index (χ1n) is 9.40. The van der Waals surface area contributed by atoms with Crippen molar-refractivity contribution in [2.24, 2.45) is 0 Å². The van der Waals surface area contributed by atoms with Gasteiger partial charge in [0.1, 0.15) is 11.4 Å². The van der Waals surface area contributed by atoms with Crippen molar-refractivity contribution >= 4 is 11.8 Å². The smallest absolute Gasteiger partial charge is 0.306 e. The summed E-state index contributed by atoms with van der Waals surface area (Å²) in [6, 6.07) is 16.5. The number of carbonyl (C=O) groups excluding carboxylic acids is 2. The number of ether oxygens (including phenoxy) is 2. The van der Waals surface area contributed by atoms with Crippen molar-refractivity contribution in [3.05, 3.63) is 65.7 Å². The SMILES string of the molecule is CC(C)(C)OC(=O)CCCCCOc1ccccc1C(=O)c1ccccc1. The number of unbranched alkanes of at least 4 members (excludes halogenated alkanes) is 2. The summed E-state index contributed by atoms with van der Waals surface area (Å²) < 4.78 is 11.1. The van der Waals surface area contributed by atoms with Crippen molar-refractivity contribution in [1.29, 1.82) is 0 Å². The predicted octanol–water partition coefficient (Wildman–Crippen LogP) is 5.20. The van der Waals surface area contributed by atoms with Gasteiger partial charge in [0.15, 0.2) is 5.78 Å². The minimum Gasteiger partial charge on any atom is -0.493 e. The molecule has 4 nitrogen and oxygen atoms in total. The van der Waals surface area contributed by atoms with E-state index in [-0.39, 0.29) is 11.8 Å². The van der Waals surface area contributed by atoms with Gasteiger partial charge in [-0.05, 0) is 52.2 Å². The fraction of sp³-hybridized carbons (Fsp3) is 0.391. The molecule has 0 amide bonds. The highest BCUT2D eigenvalue weighted by molar-refractivity contribution is 6.10. The zero-order chi connectivity index (χ0) is 19.7. The number of esters is 1. The summed E-state index contributed by atoms with van der Waals surface area (Å²) >= 11 is 0. The molecule has 0 aliphatic carbocycles. The van der Waals surface area contributed by atoms with Crippen LogP contribution in [-0.2, 0) is 9.53 Å². The highest BCUT2D eigenvalue weighted by Gasteiger charge is 2.16. The van der Waals surface area contributed by atoms with Gasteiger partial charge in [0.05, 0.1) is 12.2 Å². The zero-order valence-electron chi connectivity index (χ0n) is 16.4. The summed E-state index contributed by atoms with van der Waals surface area (Å²) in [6.45, 7) is 6.11. The van der Waals surface area contributed by atoms with Crippen molar-refractivity contribution in [1.82, 2.24) is 0 Å². The van der Waals surface area contributed by atoms with Gasteiger partial charge in [-0.25, -0.2) is 0 Å². The topological polar surface area (TPSA) is 52.6 Å². The maximum atomic E-state index is 12.7. The molecular weight excluding hydrogens is 340 g/mol. The maximum absolute atomic E-state index is 12.7. The summed E-state index contributed by atoms with van der Waals surface area (Å²) in [5, 5.41) is 0. The van der Waals surface area contributed by atoms with Gasteiger partial charge in [0, 0.05) is 12.0 Å². The Bertz CT molecular complexity index is 744. The standard InChI is InChI=1S/C23H28O4/c1-23(2,3)27-21(24)16-8-5-11-17-26-20-15-10-9-14-19(20)22(25)18-12-6-4-7-13-18/h4,6-7,9-10,12-15H,5,8,11,16-17H2,1-3H3. The van der Waals surface area contributed by atoms with Crippen LogP contribution in [0.3, 0.4) is 0 Å². The lowest BCUT2D eigenvalue weighted by atomic mass is 10.0. The summed E-state index contributed by atoms with van der Waals surface area (Å²) in [5.74, 6) is 0.386. The van der Waals surface area contributed by atoms with Gasteiger partial charge in [-0.3, -0.25) is 9.59 Å². The highest BCUT2D eigenvalue weighted by Crippen LogP contribution is 2.22. The lowest BCUT2D eigenvalue weighted by molar-refractivity contribution is -0.154. The van der Waals surface area contributed by atoms with E-state index in [1.165, 1.54) is 0 Å². The quantitative estimate of drug-likeness (QED) is 0.347. The van der Waals surface area contributed by atoms with Crippen molar-refractivity contribution in [3.8, 4) is 5.75 Å². The second kappa shape index (κ2) is 9.91. The summed E-state index contributed by atoms with van der Waals surface area (Å²) in [5.41, 5.74) is 0.776. The fourth-order valence-corrected chi connectivity index (χ4v) is 2.65. The van der Waals surface area contributed by atoms with Crippen LogP contribution < -0.4 is 4.74 Å². The van der Waals surface area contributed by atoms with Crippen LogP contribution in [0.5, 0.6) is 5.75 Å². The predicted molar refractivity (Wildman–Crippen MR) is 106 cm³/mol. The Balaban J connectivity index is 1.79. The Morgan fingerprint density at radius 3 is 2.22 bits per heavy atom. The van der Waals surface area contributed by atoms with E-state index in [1.54, 1.807) is 18.2 Å². The molecule has 0 atom stereocenters. The van der Waals surface area contributed by atoms with E-state index in [0.717, 1.165) is 19.3 Å². The average molecular weight is 368 g/mol. The molecule has 0 aromatic heterocycles. The Kier molecular flexibility index (Phi) is 7.59. The third-order valence-electron chi connectivity index (χ3n) is 3.87. The fourth-order valence-electron chi connectivity index (χ4n) is 2.65. The van der Waals surface area contributed by atoms with Gasteiger partial charge in [-0.15, -0.1) is 0 Å². The third kappa shape index (κ3) is 7.26. The minimum absolute atomic E-state index is 0.0453. The Hall–Kier alpha value is -2.62. The molecule has 0 radical (unpaired) electrons. The first-order chi connectivity index (χ1) is 12.9. The van der Waals surface area contributed by atoms with Crippen LogP contribution in [0, 0.1) is 0 Å². The van der Waals surface area contributed by atoms with Crippen molar-refractivity contribution in [2.45, 2.75) is 52.1 Å². The van der Waals surface area contributed by atoms with Gasteiger partial charge < -0.3 is 9.47 Å². The van der Waals surface area contributed by atoms with Crippen molar-refractivity contribution in [2.75, 3.05) is 6.61 Å². The first kappa shape index (κ1) is 20.7. The number of rotatable bonds is 9. The lowest BCUT2D eigenvalue weighted by Crippen LogP contribution is -2.23. The molecule has 0 saturated heterocycles. The Morgan fingerprint density at radius 1 is 0.852 bits per heavy atom. The number of hydrogen-bond acceptors (Lipinski definition) is 4. The molecule has 144 valence electrons. The largest absolute Gasteiger partial charge is 0.493 e. The second-order valence-electron chi connectivity index (χ2n) is 7.44. The van der Waals surface area contributed by atoms with E-state index >= 15 is 0 Å². The molecule has 0 heterocycles. The van der Waals surface area contributed by atoms with Crippen LogP contribution in [0.15, 0.2) is 54.6 Å². The molecule has 2 aromatic rings. The maximum Gasteiger partial charge on any atom is 0.306 e. The molecule has 0 bridgehead atoms. The average Bonchev–Trinajstić information content (AvgIpc) is 2.63. The van der Waals surface area contributed by atoms with Gasteiger partial charge in [0.25, 0.3) is 0 Å². The molecule has 0 N–H and O–H groups in total. The van der Waals surface area contributed by atoms with Gasteiger partial charge in [-0.1, -0.05) is 42.5 Å². The third-order valence-corrected chi connectivity index (χ3v) is 3.87. The number of ketones is 1. The molecule has 0 fully saturated rings. The molecule has 2 rings (SSSR count). The summed E-state index contributed by atoms with van der Waals surface area (Å²) in [4.78, 5) is 24.3. The van der Waals surface area contributed by atoms with Crippen LogP contribution in [0.4, 0.5) is 0 Å². The normalized spacial score (nSPS) is 11.1. The molecule has 4 heteroatoms. The second-order valence-corrected chi connectivity index (χ2v) is 7.44. The number of hydrogen-bond donors (Lipinski definition) is 0. The first-order valence-corrected chi connectivity index (χ1v) is 9.40. The number of para-hydroxylation sites is 1. The van der Waals surface area contributed by atoms with Crippen LogP contribution >= 0.6 is 0 Å². The van der Waals surface area contributed by atoms with E-state index in [0.29, 0.717) is 29.9 Å². The molecule has 2 aromatic carbocycles. The zero-order valence-corrected chi connectivity index (χ0v) is 16.4. The van der Waals surface area contributed by atoms with Crippen LogP contribution in [0.1, 0.15) is 62.4 Å². The van der Waals surface area contributed by atoms with E-state index in [4.69, 9.17) is 9.47 Å². The van der Waals surface area contributed by atoms with Crippen molar-refractivity contribution < 1.29 is 19.1 Å². The molecule has 0 aliphatic heterocycles. The van der Waals surface area contributed by atoms with Crippen LogP contribution in [0.2, 0.25) is 0 Å². The molecule has 0 saturated carbocycles. The van der Waals surface area contributed by atoms with Gasteiger partial charge in [0.2, 0.25) is 0 Å². The van der Waals surface area contributed by atoms with E-state index in [1.807, 2.05) is 57.2 Å². The Morgan fingerprint density at radius 2 is 1.52 bits per heavy atom. The Labute approximate surface area is 161 Å². The van der Waals surface area contributed by atoms with E-state index in [2.05, 4.69) is 0 Å². The van der Waals surface area contributed by atoms with Crippen LogP contribution in [0.25, 0.3) is 0 Å². The lowest BCUT2D eigenvalue weighted by Gasteiger charge is -2.19. The molecule has 0 unspecified atom stereocenters.